The van der Waals surface area contributed by atoms with Gasteiger partial charge in [0, 0.05) is 11.1 Å². The molecule has 0 radical (unpaired) electrons. The largest absolute Gasteiger partial charge is 0.493 e. The second kappa shape index (κ2) is 4.51. The van der Waals surface area contributed by atoms with Crippen LogP contribution in [-0.4, -0.2) is 6.61 Å². The number of benzene rings is 1. The first-order valence-corrected chi connectivity index (χ1v) is 4.34. The van der Waals surface area contributed by atoms with E-state index in [0.29, 0.717) is 6.61 Å². The average molecular weight is 174 g/mol. The zero-order chi connectivity index (χ0) is 9.68. The van der Waals surface area contributed by atoms with Gasteiger partial charge in [-0.1, -0.05) is 43.5 Å². The summed E-state index contributed by atoms with van der Waals surface area (Å²) in [7, 11) is 0. The summed E-state index contributed by atoms with van der Waals surface area (Å²) in [6.07, 6.45) is 3.58. The van der Waals surface area contributed by atoms with E-state index in [-0.39, 0.29) is 0 Å². The van der Waals surface area contributed by atoms with Crippen LogP contribution in [0.25, 0.3) is 12.2 Å². The molecule has 0 fully saturated rings. The SMILES string of the molecule is C=Cc1cccc(C=C)c1OCC. The van der Waals surface area contributed by atoms with Crippen LogP contribution in [0.3, 0.4) is 0 Å². The Balaban J connectivity index is 3.20. The molecular weight excluding hydrogens is 160 g/mol. The maximum absolute atomic E-state index is 5.51. The Morgan fingerprint density at radius 2 is 1.77 bits per heavy atom. The molecule has 0 N–H and O–H groups in total. The predicted octanol–water partition coefficient (Wildman–Crippen LogP) is 3.37. The van der Waals surface area contributed by atoms with E-state index in [2.05, 4.69) is 13.2 Å². The predicted molar refractivity (Wildman–Crippen MR) is 57.8 cm³/mol. The molecule has 0 aromatic heterocycles. The van der Waals surface area contributed by atoms with Crippen molar-refractivity contribution in [2.24, 2.45) is 0 Å². The van der Waals surface area contributed by atoms with Gasteiger partial charge in [-0.3, -0.25) is 0 Å². The van der Waals surface area contributed by atoms with Gasteiger partial charge in [0.05, 0.1) is 6.61 Å². The van der Waals surface area contributed by atoms with E-state index < -0.39 is 0 Å². The molecule has 0 spiro atoms. The number of hydrogen-bond donors (Lipinski definition) is 0. The van der Waals surface area contributed by atoms with Gasteiger partial charge in [-0.05, 0) is 6.92 Å². The number of ether oxygens (including phenoxy) is 1. The summed E-state index contributed by atoms with van der Waals surface area (Å²) in [6.45, 7) is 10.1. The summed E-state index contributed by atoms with van der Waals surface area (Å²) >= 11 is 0. The van der Waals surface area contributed by atoms with Gasteiger partial charge in [-0.25, -0.2) is 0 Å². The topological polar surface area (TPSA) is 9.23 Å². The highest BCUT2D eigenvalue weighted by Gasteiger charge is 2.03. The van der Waals surface area contributed by atoms with Crippen LogP contribution >= 0.6 is 0 Å². The number of rotatable bonds is 4. The van der Waals surface area contributed by atoms with Crippen LogP contribution in [0.2, 0.25) is 0 Å². The van der Waals surface area contributed by atoms with Crippen LogP contribution in [0.5, 0.6) is 5.75 Å². The van der Waals surface area contributed by atoms with Gasteiger partial charge in [0.1, 0.15) is 5.75 Å². The minimum Gasteiger partial charge on any atom is -0.493 e. The summed E-state index contributed by atoms with van der Waals surface area (Å²) in [5, 5.41) is 0. The first-order chi connectivity index (χ1) is 6.33. The maximum Gasteiger partial charge on any atom is 0.133 e. The lowest BCUT2D eigenvalue weighted by Crippen LogP contribution is -1.95. The van der Waals surface area contributed by atoms with Crippen molar-refractivity contribution in [3.63, 3.8) is 0 Å². The number of hydrogen-bond acceptors (Lipinski definition) is 1. The molecule has 0 aliphatic carbocycles. The van der Waals surface area contributed by atoms with Crippen molar-refractivity contribution in [2.45, 2.75) is 6.92 Å². The van der Waals surface area contributed by atoms with Crippen LogP contribution in [0, 0.1) is 0 Å². The molecule has 68 valence electrons. The molecule has 1 aromatic carbocycles. The second-order valence-corrected chi connectivity index (χ2v) is 2.61. The number of para-hydroxylation sites is 1. The first-order valence-electron chi connectivity index (χ1n) is 4.34. The van der Waals surface area contributed by atoms with Gasteiger partial charge in [0.2, 0.25) is 0 Å². The van der Waals surface area contributed by atoms with E-state index in [1.54, 1.807) is 12.2 Å². The van der Waals surface area contributed by atoms with Crippen molar-refractivity contribution in [3.05, 3.63) is 42.5 Å². The lowest BCUT2D eigenvalue weighted by Gasteiger charge is -2.09. The highest BCUT2D eigenvalue weighted by molar-refractivity contribution is 5.66. The van der Waals surface area contributed by atoms with E-state index in [9.17, 15) is 0 Å². The molecule has 0 aliphatic rings. The molecular formula is C12H14O. The van der Waals surface area contributed by atoms with E-state index in [0.717, 1.165) is 16.9 Å². The molecule has 1 aromatic rings. The van der Waals surface area contributed by atoms with Gasteiger partial charge in [-0.2, -0.15) is 0 Å². The van der Waals surface area contributed by atoms with Gasteiger partial charge < -0.3 is 4.74 Å². The Kier molecular flexibility index (Phi) is 3.32. The Labute approximate surface area is 79.4 Å². The van der Waals surface area contributed by atoms with Gasteiger partial charge in [0.25, 0.3) is 0 Å². The quantitative estimate of drug-likeness (QED) is 0.680. The minimum absolute atomic E-state index is 0.658. The zero-order valence-corrected chi connectivity index (χ0v) is 7.92. The highest BCUT2D eigenvalue weighted by atomic mass is 16.5. The maximum atomic E-state index is 5.51. The van der Waals surface area contributed by atoms with Crippen LogP contribution in [0.1, 0.15) is 18.1 Å². The van der Waals surface area contributed by atoms with Crippen molar-refractivity contribution in [2.75, 3.05) is 6.61 Å². The molecule has 1 rings (SSSR count). The Bertz CT molecular complexity index is 287. The second-order valence-electron chi connectivity index (χ2n) is 2.61. The van der Waals surface area contributed by atoms with Gasteiger partial charge >= 0.3 is 0 Å². The average Bonchev–Trinajstić information content (AvgIpc) is 2.18. The standard InChI is InChI=1S/C12H14O/c1-4-10-8-7-9-11(5-2)12(10)13-6-3/h4-5,7-9H,1-2,6H2,3H3. The Hall–Kier alpha value is -1.50. The lowest BCUT2D eigenvalue weighted by atomic mass is 10.1. The summed E-state index contributed by atoms with van der Waals surface area (Å²) in [5.41, 5.74) is 2.03. The van der Waals surface area contributed by atoms with Crippen molar-refractivity contribution >= 4 is 12.2 Å². The summed E-state index contributed by atoms with van der Waals surface area (Å²) in [4.78, 5) is 0. The molecule has 13 heavy (non-hydrogen) atoms. The molecule has 0 unspecified atom stereocenters. The van der Waals surface area contributed by atoms with Gasteiger partial charge in [-0.15, -0.1) is 0 Å². The fraction of sp³-hybridized carbons (Fsp3) is 0.167. The van der Waals surface area contributed by atoms with Crippen LogP contribution in [-0.2, 0) is 0 Å². The smallest absolute Gasteiger partial charge is 0.133 e. The van der Waals surface area contributed by atoms with Crippen LogP contribution in [0.4, 0.5) is 0 Å². The molecule has 1 heteroatoms. The van der Waals surface area contributed by atoms with E-state index >= 15 is 0 Å². The van der Waals surface area contributed by atoms with Crippen LogP contribution in [0.15, 0.2) is 31.4 Å². The molecule has 0 atom stereocenters. The lowest BCUT2D eigenvalue weighted by molar-refractivity contribution is 0.339. The molecule has 0 heterocycles. The van der Waals surface area contributed by atoms with E-state index in [1.165, 1.54) is 0 Å². The molecule has 0 amide bonds. The fourth-order valence-electron chi connectivity index (χ4n) is 1.21. The molecule has 0 aliphatic heterocycles. The third-order valence-electron chi connectivity index (χ3n) is 1.80. The van der Waals surface area contributed by atoms with Crippen LogP contribution < -0.4 is 4.74 Å². The zero-order valence-electron chi connectivity index (χ0n) is 7.92. The third kappa shape index (κ3) is 2.00. The third-order valence-corrected chi connectivity index (χ3v) is 1.80. The van der Waals surface area contributed by atoms with Crippen molar-refractivity contribution in [3.8, 4) is 5.75 Å². The van der Waals surface area contributed by atoms with Gasteiger partial charge in [0.15, 0.2) is 0 Å². The normalized spacial score (nSPS) is 9.31. The highest BCUT2D eigenvalue weighted by Crippen LogP contribution is 2.25. The molecule has 0 saturated carbocycles. The van der Waals surface area contributed by atoms with Crippen molar-refractivity contribution in [1.82, 2.24) is 0 Å². The summed E-state index contributed by atoms with van der Waals surface area (Å²) in [6, 6.07) is 5.92. The van der Waals surface area contributed by atoms with Crippen molar-refractivity contribution < 1.29 is 4.74 Å². The monoisotopic (exact) mass is 174 g/mol. The Morgan fingerprint density at radius 1 is 1.23 bits per heavy atom. The van der Waals surface area contributed by atoms with E-state index in [4.69, 9.17) is 4.74 Å². The van der Waals surface area contributed by atoms with Crippen molar-refractivity contribution in [1.29, 1.82) is 0 Å². The van der Waals surface area contributed by atoms with E-state index in [1.807, 2.05) is 25.1 Å². The summed E-state index contributed by atoms with van der Waals surface area (Å²) in [5.74, 6) is 0.870. The molecule has 0 saturated heterocycles. The molecule has 0 bridgehead atoms. The minimum atomic E-state index is 0.658. The summed E-state index contributed by atoms with van der Waals surface area (Å²) < 4.78 is 5.51. The molecule has 1 nitrogen and oxygen atoms in total. The fourth-order valence-corrected chi connectivity index (χ4v) is 1.21. The first kappa shape index (κ1) is 9.59. The Morgan fingerprint density at radius 3 is 2.15 bits per heavy atom.